The standard InChI is InChI=1S/C15H15FN2O/c1-10-2-5-12(6-3-10)18-9-15(19)11-4-7-13(16)14(17)8-11/h2-8,18H,9,17H2,1H3. The lowest BCUT2D eigenvalue weighted by Crippen LogP contribution is -2.14. The zero-order valence-electron chi connectivity index (χ0n) is 10.6. The highest BCUT2D eigenvalue weighted by atomic mass is 19.1. The van der Waals surface area contributed by atoms with Crippen LogP contribution in [-0.2, 0) is 0 Å². The minimum atomic E-state index is -0.511. The van der Waals surface area contributed by atoms with E-state index in [1.165, 1.54) is 18.2 Å². The lowest BCUT2D eigenvalue weighted by Gasteiger charge is -2.07. The molecule has 3 N–H and O–H groups in total. The maximum Gasteiger partial charge on any atom is 0.181 e. The van der Waals surface area contributed by atoms with E-state index in [1.54, 1.807) is 0 Å². The van der Waals surface area contributed by atoms with Crippen molar-refractivity contribution < 1.29 is 9.18 Å². The number of Topliss-reactive ketones (excluding diaryl/α,β-unsaturated/α-hetero) is 1. The van der Waals surface area contributed by atoms with E-state index in [9.17, 15) is 9.18 Å². The van der Waals surface area contributed by atoms with Gasteiger partial charge in [-0.25, -0.2) is 4.39 Å². The first-order valence-electron chi connectivity index (χ1n) is 5.95. The van der Waals surface area contributed by atoms with Gasteiger partial charge in [0, 0.05) is 11.3 Å². The largest absolute Gasteiger partial charge is 0.396 e. The predicted octanol–water partition coefficient (Wildman–Crippen LogP) is 3.01. The molecule has 0 heterocycles. The molecule has 0 aliphatic rings. The van der Waals surface area contributed by atoms with Crippen molar-refractivity contribution >= 4 is 17.2 Å². The average molecular weight is 258 g/mol. The molecule has 2 aromatic rings. The summed E-state index contributed by atoms with van der Waals surface area (Å²) in [5.74, 6) is -0.643. The number of carbonyl (C=O) groups is 1. The molecule has 0 unspecified atom stereocenters. The van der Waals surface area contributed by atoms with Gasteiger partial charge in [0.2, 0.25) is 0 Å². The molecule has 0 radical (unpaired) electrons. The van der Waals surface area contributed by atoms with Crippen LogP contribution in [0.25, 0.3) is 0 Å². The number of anilines is 2. The monoisotopic (exact) mass is 258 g/mol. The minimum absolute atomic E-state index is 0.0128. The SMILES string of the molecule is Cc1ccc(NCC(=O)c2ccc(F)c(N)c2)cc1. The van der Waals surface area contributed by atoms with Crippen LogP contribution < -0.4 is 11.1 Å². The summed E-state index contributed by atoms with van der Waals surface area (Å²) in [7, 11) is 0. The molecule has 0 saturated carbocycles. The lowest BCUT2D eigenvalue weighted by atomic mass is 10.1. The van der Waals surface area contributed by atoms with E-state index in [1.807, 2.05) is 31.2 Å². The van der Waals surface area contributed by atoms with Gasteiger partial charge in [0.25, 0.3) is 0 Å². The number of nitrogen functional groups attached to an aromatic ring is 1. The Balaban J connectivity index is 2.01. The van der Waals surface area contributed by atoms with Crippen molar-refractivity contribution in [3.8, 4) is 0 Å². The van der Waals surface area contributed by atoms with E-state index in [4.69, 9.17) is 5.73 Å². The van der Waals surface area contributed by atoms with Gasteiger partial charge in [0.1, 0.15) is 5.82 Å². The van der Waals surface area contributed by atoms with Gasteiger partial charge in [-0.3, -0.25) is 4.79 Å². The summed E-state index contributed by atoms with van der Waals surface area (Å²) in [5.41, 5.74) is 7.85. The van der Waals surface area contributed by atoms with Crippen molar-refractivity contribution in [3.05, 3.63) is 59.4 Å². The minimum Gasteiger partial charge on any atom is -0.396 e. The van der Waals surface area contributed by atoms with E-state index in [0.717, 1.165) is 11.3 Å². The fourth-order valence-corrected chi connectivity index (χ4v) is 1.67. The normalized spacial score (nSPS) is 10.2. The van der Waals surface area contributed by atoms with Crippen LogP contribution in [0.3, 0.4) is 0 Å². The van der Waals surface area contributed by atoms with Gasteiger partial charge in [0.05, 0.1) is 12.2 Å². The number of carbonyl (C=O) groups excluding carboxylic acids is 1. The van der Waals surface area contributed by atoms with E-state index in [2.05, 4.69) is 5.32 Å². The Labute approximate surface area is 111 Å². The molecule has 0 spiro atoms. The van der Waals surface area contributed by atoms with E-state index in [-0.39, 0.29) is 18.0 Å². The van der Waals surface area contributed by atoms with Gasteiger partial charge in [-0.05, 0) is 37.3 Å². The molecular weight excluding hydrogens is 243 g/mol. The first-order chi connectivity index (χ1) is 9.06. The number of halogens is 1. The number of ketones is 1. The van der Waals surface area contributed by atoms with Crippen LogP contribution in [-0.4, -0.2) is 12.3 Å². The highest BCUT2D eigenvalue weighted by Gasteiger charge is 2.08. The average Bonchev–Trinajstić information content (AvgIpc) is 2.41. The Bertz CT molecular complexity index is 594. The van der Waals surface area contributed by atoms with E-state index >= 15 is 0 Å². The summed E-state index contributed by atoms with van der Waals surface area (Å²) >= 11 is 0. The van der Waals surface area contributed by atoms with E-state index in [0.29, 0.717) is 5.56 Å². The van der Waals surface area contributed by atoms with Gasteiger partial charge < -0.3 is 11.1 Å². The Morgan fingerprint density at radius 2 is 1.89 bits per heavy atom. The topological polar surface area (TPSA) is 55.1 Å². The molecule has 4 heteroatoms. The molecule has 0 aliphatic carbocycles. The van der Waals surface area contributed by atoms with Crippen LogP contribution in [0.4, 0.5) is 15.8 Å². The van der Waals surface area contributed by atoms with Gasteiger partial charge in [-0.2, -0.15) is 0 Å². The second kappa shape index (κ2) is 5.52. The number of nitrogens with one attached hydrogen (secondary N) is 1. The number of aryl methyl sites for hydroxylation is 1. The molecule has 2 aromatic carbocycles. The van der Waals surface area contributed by atoms with E-state index < -0.39 is 5.82 Å². The molecule has 0 amide bonds. The summed E-state index contributed by atoms with van der Waals surface area (Å²) in [6.07, 6.45) is 0. The molecule has 0 aromatic heterocycles. The van der Waals surface area contributed by atoms with Gasteiger partial charge in [-0.1, -0.05) is 17.7 Å². The highest BCUT2D eigenvalue weighted by molar-refractivity contribution is 5.99. The van der Waals surface area contributed by atoms with Gasteiger partial charge in [0.15, 0.2) is 5.78 Å². The summed E-state index contributed by atoms with van der Waals surface area (Å²) < 4.78 is 13.0. The van der Waals surface area contributed by atoms with Gasteiger partial charge >= 0.3 is 0 Å². The second-order valence-electron chi connectivity index (χ2n) is 4.38. The zero-order valence-corrected chi connectivity index (χ0v) is 10.6. The maximum atomic E-state index is 13.0. The molecule has 3 nitrogen and oxygen atoms in total. The number of hydrogen-bond acceptors (Lipinski definition) is 3. The number of rotatable bonds is 4. The quantitative estimate of drug-likeness (QED) is 0.654. The second-order valence-corrected chi connectivity index (χ2v) is 4.38. The summed E-state index contributed by atoms with van der Waals surface area (Å²) in [6, 6.07) is 11.7. The molecule has 19 heavy (non-hydrogen) atoms. The van der Waals surface area contributed by atoms with Gasteiger partial charge in [-0.15, -0.1) is 0 Å². The van der Waals surface area contributed by atoms with Crippen LogP contribution in [0, 0.1) is 12.7 Å². The number of benzene rings is 2. The van der Waals surface area contributed by atoms with Crippen LogP contribution in [0.1, 0.15) is 15.9 Å². The maximum absolute atomic E-state index is 13.0. The molecule has 0 bridgehead atoms. The fourth-order valence-electron chi connectivity index (χ4n) is 1.67. The molecule has 2 rings (SSSR count). The van der Waals surface area contributed by atoms with Crippen molar-refractivity contribution in [1.29, 1.82) is 0 Å². The predicted molar refractivity (Wildman–Crippen MR) is 74.8 cm³/mol. The van der Waals surface area contributed by atoms with Crippen LogP contribution in [0.2, 0.25) is 0 Å². The smallest absolute Gasteiger partial charge is 0.181 e. The van der Waals surface area contributed by atoms with Crippen molar-refractivity contribution in [1.82, 2.24) is 0 Å². The summed E-state index contributed by atoms with van der Waals surface area (Å²) in [5, 5.41) is 3.02. The summed E-state index contributed by atoms with van der Waals surface area (Å²) in [4.78, 5) is 11.9. The van der Waals surface area contributed by atoms with Crippen LogP contribution >= 0.6 is 0 Å². The molecule has 0 aliphatic heterocycles. The molecule has 98 valence electrons. The number of hydrogen-bond donors (Lipinski definition) is 2. The van der Waals surface area contributed by atoms with Crippen LogP contribution in [0.5, 0.6) is 0 Å². The van der Waals surface area contributed by atoms with Crippen molar-refractivity contribution in [3.63, 3.8) is 0 Å². The Hall–Kier alpha value is -2.36. The molecule has 0 fully saturated rings. The van der Waals surface area contributed by atoms with Crippen molar-refractivity contribution in [2.24, 2.45) is 0 Å². The summed E-state index contributed by atoms with van der Waals surface area (Å²) in [6.45, 7) is 2.14. The van der Waals surface area contributed by atoms with Crippen molar-refractivity contribution in [2.75, 3.05) is 17.6 Å². The molecular formula is C15H15FN2O. The Kier molecular flexibility index (Phi) is 3.80. The first kappa shape index (κ1) is 13.1. The lowest BCUT2D eigenvalue weighted by molar-refractivity contribution is 0.101. The third-order valence-corrected chi connectivity index (χ3v) is 2.82. The number of nitrogens with two attached hydrogens (primary N) is 1. The Morgan fingerprint density at radius 3 is 2.53 bits per heavy atom. The Morgan fingerprint density at radius 1 is 1.21 bits per heavy atom. The zero-order chi connectivity index (χ0) is 13.8. The third kappa shape index (κ3) is 3.31. The first-order valence-corrected chi connectivity index (χ1v) is 5.95. The van der Waals surface area contributed by atoms with Crippen molar-refractivity contribution in [2.45, 2.75) is 6.92 Å². The van der Waals surface area contributed by atoms with Crippen LogP contribution in [0.15, 0.2) is 42.5 Å². The fraction of sp³-hybridized carbons (Fsp3) is 0.133. The highest BCUT2D eigenvalue weighted by Crippen LogP contribution is 2.13. The molecule has 0 atom stereocenters. The molecule has 0 saturated heterocycles. The third-order valence-electron chi connectivity index (χ3n) is 2.82.